The van der Waals surface area contributed by atoms with E-state index in [-0.39, 0.29) is 24.4 Å². The summed E-state index contributed by atoms with van der Waals surface area (Å²) in [5.74, 6) is 0.634. The molecule has 0 saturated carbocycles. The average molecular weight is 191 g/mol. The highest BCUT2D eigenvalue weighted by Crippen LogP contribution is 2.19. The van der Waals surface area contributed by atoms with Crippen molar-refractivity contribution >= 4 is 12.4 Å². The molecule has 70 valence electrons. The van der Waals surface area contributed by atoms with E-state index >= 15 is 0 Å². The van der Waals surface area contributed by atoms with Crippen LogP contribution < -0.4 is 0 Å². The van der Waals surface area contributed by atoms with E-state index in [0.29, 0.717) is 5.82 Å². The minimum atomic E-state index is -0.0178. The van der Waals surface area contributed by atoms with Gasteiger partial charge < -0.3 is 10.1 Å². The molecular weight excluding hydrogens is 176 g/mol. The lowest BCUT2D eigenvalue weighted by atomic mass is 9.93. The fourth-order valence-electron chi connectivity index (χ4n) is 0.824. The maximum atomic E-state index is 8.72. The number of halogens is 1. The first-order valence-corrected chi connectivity index (χ1v) is 3.69. The lowest BCUT2D eigenvalue weighted by Gasteiger charge is -2.14. The zero-order chi connectivity index (χ0) is 8.48. The van der Waals surface area contributed by atoms with Gasteiger partial charge in [-0.3, -0.25) is 0 Å². The highest BCUT2D eigenvalue weighted by atomic mass is 35.5. The Labute approximate surface area is 78.6 Å². The van der Waals surface area contributed by atoms with Crippen molar-refractivity contribution in [2.24, 2.45) is 0 Å². The van der Waals surface area contributed by atoms with Crippen molar-refractivity contribution in [1.82, 2.24) is 9.97 Å². The predicted molar refractivity (Wildman–Crippen MR) is 50.5 cm³/mol. The maximum Gasteiger partial charge on any atom is 0.132 e. The zero-order valence-corrected chi connectivity index (χ0v) is 8.40. The van der Waals surface area contributed by atoms with Gasteiger partial charge in [-0.15, -0.1) is 12.4 Å². The Hall–Kier alpha value is -0.540. The van der Waals surface area contributed by atoms with Crippen molar-refractivity contribution in [2.45, 2.75) is 32.8 Å². The summed E-state index contributed by atoms with van der Waals surface area (Å²) < 4.78 is 0. The lowest BCUT2D eigenvalue weighted by Crippen LogP contribution is -2.11. The van der Waals surface area contributed by atoms with Crippen molar-refractivity contribution < 1.29 is 5.11 Å². The monoisotopic (exact) mass is 190 g/mol. The maximum absolute atomic E-state index is 8.72. The molecule has 1 rings (SSSR count). The SMILES string of the molecule is CC(C)(C)c1cnc(CO)[nH]1.Cl. The van der Waals surface area contributed by atoms with Crippen LogP contribution in [0.5, 0.6) is 0 Å². The molecule has 4 heteroatoms. The van der Waals surface area contributed by atoms with Crippen LogP contribution in [0.4, 0.5) is 0 Å². The number of imidazole rings is 1. The first-order valence-electron chi connectivity index (χ1n) is 3.69. The first-order chi connectivity index (χ1) is 5.04. The van der Waals surface area contributed by atoms with Crippen molar-refractivity contribution in [2.75, 3.05) is 0 Å². The normalized spacial score (nSPS) is 11.0. The Balaban J connectivity index is 0.00000121. The largest absolute Gasteiger partial charge is 0.388 e. The molecule has 0 aliphatic carbocycles. The van der Waals surface area contributed by atoms with Crippen LogP contribution in [0.2, 0.25) is 0 Å². The third kappa shape index (κ3) is 2.50. The number of hydrogen-bond acceptors (Lipinski definition) is 2. The van der Waals surface area contributed by atoms with Gasteiger partial charge in [-0.25, -0.2) is 4.98 Å². The number of hydrogen-bond donors (Lipinski definition) is 2. The quantitative estimate of drug-likeness (QED) is 0.707. The smallest absolute Gasteiger partial charge is 0.132 e. The molecule has 0 spiro atoms. The third-order valence-electron chi connectivity index (χ3n) is 1.59. The number of nitrogens with one attached hydrogen (secondary N) is 1. The highest BCUT2D eigenvalue weighted by Gasteiger charge is 2.15. The summed E-state index contributed by atoms with van der Waals surface area (Å²) in [5.41, 5.74) is 1.14. The third-order valence-corrected chi connectivity index (χ3v) is 1.59. The van der Waals surface area contributed by atoms with Gasteiger partial charge in [0.25, 0.3) is 0 Å². The van der Waals surface area contributed by atoms with E-state index in [1.807, 2.05) is 0 Å². The summed E-state index contributed by atoms with van der Waals surface area (Å²) >= 11 is 0. The average Bonchev–Trinajstić information content (AvgIpc) is 2.32. The van der Waals surface area contributed by atoms with Gasteiger partial charge in [0.2, 0.25) is 0 Å². The van der Waals surface area contributed by atoms with Crippen LogP contribution in [-0.2, 0) is 12.0 Å². The molecule has 2 N–H and O–H groups in total. The summed E-state index contributed by atoms with van der Waals surface area (Å²) in [7, 11) is 0. The minimum Gasteiger partial charge on any atom is -0.388 e. The molecule has 0 unspecified atom stereocenters. The highest BCUT2D eigenvalue weighted by molar-refractivity contribution is 5.85. The fourth-order valence-corrected chi connectivity index (χ4v) is 0.824. The number of aliphatic hydroxyl groups excluding tert-OH is 1. The van der Waals surface area contributed by atoms with Crippen LogP contribution in [0.1, 0.15) is 32.3 Å². The number of H-pyrrole nitrogens is 1. The van der Waals surface area contributed by atoms with Crippen LogP contribution in [0.25, 0.3) is 0 Å². The zero-order valence-electron chi connectivity index (χ0n) is 7.59. The predicted octanol–water partition coefficient (Wildman–Crippen LogP) is 1.62. The van der Waals surface area contributed by atoms with Crippen LogP contribution >= 0.6 is 12.4 Å². The molecule has 0 amide bonds. The van der Waals surface area contributed by atoms with Gasteiger partial charge in [-0.2, -0.15) is 0 Å². The van der Waals surface area contributed by atoms with Crippen LogP contribution in [0.3, 0.4) is 0 Å². The molecule has 0 aliphatic heterocycles. The van der Waals surface area contributed by atoms with Gasteiger partial charge in [0, 0.05) is 17.3 Å². The van der Waals surface area contributed by atoms with E-state index in [9.17, 15) is 0 Å². The van der Waals surface area contributed by atoms with E-state index in [0.717, 1.165) is 5.69 Å². The van der Waals surface area contributed by atoms with Gasteiger partial charge in [0.1, 0.15) is 12.4 Å². The summed E-state index contributed by atoms with van der Waals surface area (Å²) in [6, 6.07) is 0. The Bertz CT molecular complexity index is 239. The van der Waals surface area contributed by atoms with Gasteiger partial charge in [0.05, 0.1) is 0 Å². The number of rotatable bonds is 1. The molecule has 1 heterocycles. The number of aromatic nitrogens is 2. The molecule has 0 fully saturated rings. The van der Waals surface area contributed by atoms with E-state index in [1.54, 1.807) is 6.20 Å². The van der Waals surface area contributed by atoms with Gasteiger partial charge in [-0.1, -0.05) is 20.8 Å². The number of nitrogens with zero attached hydrogens (tertiary/aromatic N) is 1. The second-order valence-corrected chi connectivity index (χ2v) is 3.65. The van der Waals surface area contributed by atoms with E-state index < -0.39 is 0 Å². The van der Waals surface area contributed by atoms with Crippen LogP contribution in [-0.4, -0.2) is 15.1 Å². The van der Waals surface area contributed by atoms with Crippen molar-refractivity contribution in [1.29, 1.82) is 0 Å². The molecule has 0 saturated heterocycles. The van der Waals surface area contributed by atoms with Crippen molar-refractivity contribution in [3.63, 3.8) is 0 Å². The Morgan fingerprint density at radius 1 is 1.50 bits per heavy atom. The first kappa shape index (κ1) is 11.5. The molecule has 12 heavy (non-hydrogen) atoms. The second kappa shape index (κ2) is 3.92. The number of aromatic amines is 1. The number of aliphatic hydroxyl groups is 1. The Kier molecular flexibility index (Phi) is 3.74. The Morgan fingerprint density at radius 2 is 2.08 bits per heavy atom. The lowest BCUT2D eigenvalue weighted by molar-refractivity contribution is 0.272. The molecule has 1 aromatic heterocycles. The fraction of sp³-hybridized carbons (Fsp3) is 0.625. The Morgan fingerprint density at radius 3 is 2.33 bits per heavy atom. The van der Waals surface area contributed by atoms with Crippen molar-refractivity contribution in [3.05, 3.63) is 17.7 Å². The minimum absolute atomic E-state index is 0. The molecule has 0 aliphatic rings. The van der Waals surface area contributed by atoms with E-state index in [4.69, 9.17) is 5.11 Å². The van der Waals surface area contributed by atoms with Gasteiger partial charge >= 0.3 is 0 Å². The molecule has 1 aromatic rings. The standard InChI is InChI=1S/C8H14N2O.ClH/c1-8(2,3)6-4-9-7(5-11)10-6;/h4,11H,5H2,1-3H3,(H,9,10);1H. The van der Waals surface area contributed by atoms with Gasteiger partial charge in [-0.05, 0) is 0 Å². The van der Waals surface area contributed by atoms with Crippen LogP contribution in [0.15, 0.2) is 6.20 Å². The van der Waals surface area contributed by atoms with E-state index in [1.165, 1.54) is 0 Å². The molecule has 3 nitrogen and oxygen atoms in total. The second-order valence-electron chi connectivity index (χ2n) is 3.65. The van der Waals surface area contributed by atoms with Crippen molar-refractivity contribution in [3.8, 4) is 0 Å². The summed E-state index contributed by atoms with van der Waals surface area (Å²) in [6.07, 6.45) is 1.77. The molecule has 0 bridgehead atoms. The molecule has 0 radical (unpaired) electrons. The topological polar surface area (TPSA) is 48.9 Å². The summed E-state index contributed by atoms with van der Waals surface area (Å²) in [5, 5.41) is 8.72. The molecule has 0 atom stereocenters. The summed E-state index contributed by atoms with van der Waals surface area (Å²) in [4.78, 5) is 7.04. The van der Waals surface area contributed by atoms with Crippen LogP contribution in [0, 0.1) is 0 Å². The van der Waals surface area contributed by atoms with E-state index in [2.05, 4.69) is 30.7 Å². The molecule has 0 aromatic carbocycles. The summed E-state index contributed by atoms with van der Waals surface area (Å²) in [6.45, 7) is 6.28. The van der Waals surface area contributed by atoms with Gasteiger partial charge in [0.15, 0.2) is 0 Å². The molecular formula is C8H15ClN2O.